The largest absolute Gasteiger partial charge is 0.423 e. The molecule has 0 aliphatic carbocycles. The van der Waals surface area contributed by atoms with E-state index in [1.54, 1.807) is 48.5 Å². The van der Waals surface area contributed by atoms with Crippen LogP contribution in [0.1, 0.15) is 28.6 Å². The Morgan fingerprint density at radius 3 is 2.22 bits per heavy atom. The van der Waals surface area contributed by atoms with E-state index in [1.165, 1.54) is 6.07 Å². The number of allylic oxidation sites excluding steroid dienone is 1. The molecule has 0 amide bonds. The molecule has 164 valence electrons. The van der Waals surface area contributed by atoms with E-state index in [1.807, 2.05) is 6.08 Å². The maximum atomic E-state index is 13.4. The number of benzene rings is 3. The van der Waals surface area contributed by atoms with Gasteiger partial charge in [-0.3, -0.25) is 0 Å². The second-order valence-electron chi connectivity index (χ2n) is 7.55. The Morgan fingerprint density at radius 2 is 1.59 bits per heavy atom. The summed E-state index contributed by atoms with van der Waals surface area (Å²) in [6.45, 7) is 4.93. The van der Waals surface area contributed by atoms with E-state index in [0.717, 1.165) is 24.1 Å². The number of carbonyl (C=O) groups is 1. The van der Waals surface area contributed by atoms with Gasteiger partial charge in [-0.15, -0.1) is 6.58 Å². The van der Waals surface area contributed by atoms with Gasteiger partial charge < -0.3 is 14.2 Å². The van der Waals surface area contributed by atoms with Crippen molar-refractivity contribution in [2.45, 2.75) is 12.7 Å². The number of hydrogen-bond donors (Lipinski definition) is 0. The van der Waals surface area contributed by atoms with Crippen LogP contribution in [0.5, 0.6) is 5.75 Å². The van der Waals surface area contributed by atoms with Gasteiger partial charge in [-0.2, -0.15) is 0 Å². The molecular formula is C26H22F2O4. The summed E-state index contributed by atoms with van der Waals surface area (Å²) in [5.74, 6) is -1.66. The molecule has 0 radical (unpaired) electrons. The number of hydrogen-bond acceptors (Lipinski definition) is 4. The van der Waals surface area contributed by atoms with Crippen LogP contribution in [0, 0.1) is 17.6 Å². The van der Waals surface area contributed by atoms with Gasteiger partial charge in [0.05, 0.1) is 18.8 Å². The lowest BCUT2D eigenvalue weighted by molar-refractivity contribution is -0.204. The van der Waals surface area contributed by atoms with Crippen molar-refractivity contribution in [1.82, 2.24) is 0 Å². The monoisotopic (exact) mass is 436 g/mol. The zero-order valence-electron chi connectivity index (χ0n) is 17.3. The summed E-state index contributed by atoms with van der Waals surface area (Å²) < 4.78 is 43.5. The smallest absolute Gasteiger partial charge is 0.343 e. The van der Waals surface area contributed by atoms with Crippen molar-refractivity contribution in [3.05, 3.63) is 102 Å². The minimum Gasteiger partial charge on any atom is -0.423 e. The van der Waals surface area contributed by atoms with E-state index >= 15 is 0 Å². The molecule has 32 heavy (non-hydrogen) atoms. The fourth-order valence-corrected chi connectivity index (χ4v) is 3.44. The fourth-order valence-electron chi connectivity index (χ4n) is 3.44. The van der Waals surface area contributed by atoms with Crippen molar-refractivity contribution in [1.29, 1.82) is 0 Å². The van der Waals surface area contributed by atoms with Crippen LogP contribution in [0.15, 0.2) is 79.4 Å². The van der Waals surface area contributed by atoms with Gasteiger partial charge in [-0.05, 0) is 53.9 Å². The molecule has 1 saturated heterocycles. The predicted octanol–water partition coefficient (Wildman–Crippen LogP) is 6.09. The highest BCUT2D eigenvalue weighted by molar-refractivity contribution is 5.91. The van der Waals surface area contributed by atoms with Gasteiger partial charge in [0.25, 0.3) is 0 Å². The molecule has 0 saturated carbocycles. The van der Waals surface area contributed by atoms with Crippen LogP contribution < -0.4 is 4.74 Å². The zero-order valence-corrected chi connectivity index (χ0v) is 17.3. The first kappa shape index (κ1) is 21.9. The molecule has 0 bridgehead atoms. The van der Waals surface area contributed by atoms with Gasteiger partial charge >= 0.3 is 5.97 Å². The molecule has 6 heteroatoms. The van der Waals surface area contributed by atoms with Gasteiger partial charge in [0.15, 0.2) is 17.9 Å². The highest BCUT2D eigenvalue weighted by atomic mass is 19.2. The Labute approximate surface area is 185 Å². The number of rotatable bonds is 6. The van der Waals surface area contributed by atoms with E-state index in [0.29, 0.717) is 41.6 Å². The summed E-state index contributed by atoms with van der Waals surface area (Å²) >= 11 is 0. The average molecular weight is 436 g/mol. The van der Waals surface area contributed by atoms with Crippen molar-refractivity contribution < 1.29 is 27.8 Å². The van der Waals surface area contributed by atoms with Gasteiger partial charge in [0, 0.05) is 11.5 Å². The van der Waals surface area contributed by atoms with Crippen LogP contribution in [0.4, 0.5) is 8.78 Å². The Balaban J connectivity index is 1.36. The standard InChI is InChI=1S/C26H22F2O4/c1-2-3-17-15-30-26(31-16-17)20-6-4-19(5-7-20)25(29)32-22-11-8-18(9-12-22)21-10-13-23(27)24(28)14-21/h2,4-14,17,26H,1,3,15-16H2. The first-order chi connectivity index (χ1) is 15.5. The van der Waals surface area contributed by atoms with Crippen molar-refractivity contribution in [3.63, 3.8) is 0 Å². The highest BCUT2D eigenvalue weighted by Crippen LogP contribution is 2.27. The summed E-state index contributed by atoms with van der Waals surface area (Å²) in [4.78, 5) is 12.5. The molecule has 0 atom stereocenters. The normalized spacial score (nSPS) is 18.2. The Kier molecular flexibility index (Phi) is 6.73. The van der Waals surface area contributed by atoms with E-state index < -0.39 is 23.9 Å². The first-order valence-corrected chi connectivity index (χ1v) is 10.2. The lowest BCUT2D eigenvalue weighted by Crippen LogP contribution is -2.26. The molecule has 3 aromatic carbocycles. The number of halogens is 2. The maximum absolute atomic E-state index is 13.4. The maximum Gasteiger partial charge on any atom is 0.343 e. The molecule has 1 heterocycles. The zero-order chi connectivity index (χ0) is 22.5. The second kappa shape index (κ2) is 9.85. The SMILES string of the molecule is C=CCC1COC(c2ccc(C(=O)Oc3ccc(-c4ccc(F)c(F)c4)cc3)cc2)OC1. The Hall–Kier alpha value is -3.35. The second-order valence-corrected chi connectivity index (χ2v) is 7.55. The van der Waals surface area contributed by atoms with E-state index in [9.17, 15) is 13.6 Å². The molecule has 0 spiro atoms. The predicted molar refractivity (Wildman–Crippen MR) is 116 cm³/mol. The number of esters is 1. The van der Waals surface area contributed by atoms with Crippen molar-refractivity contribution >= 4 is 5.97 Å². The fraction of sp³-hybridized carbons (Fsp3) is 0.192. The summed E-state index contributed by atoms with van der Waals surface area (Å²) in [5.41, 5.74) is 2.42. The first-order valence-electron chi connectivity index (χ1n) is 10.2. The molecule has 4 rings (SSSR count). The summed E-state index contributed by atoms with van der Waals surface area (Å²) in [6.07, 6.45) is 2.25. The minimum atomic E-state index is -0.915. The van der Waals surface area contributed by atoms with E-state index in [2.05, 4.69) is 6.58 Å². The van der Waals surface area contributed by atoms with E-state index in [4.69, 9.17) is 14.2 Å². The van der Waals surface area contributed by atoms with Crippen LogP contribution in [0.25, 0.3) is 11.1 Å². The van der Waals surface area contributed by atoms with Crippen LogP contribution in [0.3, 0.4) is 0 Å². The summed E-state index contributed by atoms with van der Waals surface area (Å²) in [7, 11) is 0. The molecule has 0 aromatic heterocycles. The topological polar surface area (TPSA) is 44.8 Å². The molecule has 0 unspecified atom stereocenters. The van der Waals surface area contributed by atoms with E-state index in [-0.39, 0.29) is 0 Å². The molecule has 3 aromatic rings. The van der Waals surface area contributed by atoms with Crippen LogP contribution in [-0.2, 0) is 9.47 Å². The third kappa shape index (κ3) is 5.10. The van der Waals surface area contributed by atoms with Crippen LogP contribution >= 0.6 is 0 Å². The van der Waals surface area contributed by atoms with Gasteiger partial charge in [-0.25, -0.2) is 13.6 Å². The molecular weight excluding hydrogens is 414 g/mol. The Morgan fingerprint density at radius 1 is 0.938 bits per heavy atom. The van der Waals surface area contributed by atoms with Crippen LogP contribution in [-0.4, -0.2) is 19.2 Å². The highest BCUT2D eigenvalue weighted by Gasteiger charge is 2.23. The summed E-state index contributed by atoms with van der Waals surface area (Å²) in [5, 5.41) is 0. The number of carbonyl (C=O) groups excluding carboxylic acids is 1. The molecule has 4 nitrogen and oxygen atoms in total. The average Bonchev–Trinajstić information content (AvgIpc) is 2.82. The lowest BCUT2D eigenvalue weighted by atomic mass is 10.1. The lowest BCUT2D eigenvalue weighted by Gasteiger charge is -2.29. The summed E-state index contributed by atoms with van der Waals surface area (Å²) in [6, 6.07) is 17.1. The third-order valence-electron chi connectivity index (χ3n) is 5.20. The molecule has 1 aliphatic heterocycles. The quantitative estimate of drug-likeness (QED) is 0.267. The number of ether oxygens (including phenoxy) is 3. The Bertz CT molecular complexity index is 1090. The molecule has 1 fully saturated rings. The molecule has 1 aliphatic rings. The molecule has 0 N–H and O–H groups in total. The van der Waals surface area contributed by atoms with Gasteiger partial charge in [0.1, 0.15) is 5.75 Å². The van der Waals surface area contributed by atoms with Crippen molar-refractivity contribution in [3.8, 4) is 16.9 Å². The van der Waals surface area contributed by atoms with Crippen molar-refractivity contribution in [2.75, 3.05) is 13.2 Å². The minimum absolute atomic E-state index is 0.312. The van der Waals surface area contributed by atoms with Gasteiger partial charge in [-0.1, -0.05) is 36.4 Å². The third-order valence-corrected chi connectivity index (χ3v) is 5.20. The van der Waals surface area contributed by atoms with Crippen molar-refractivity contribution in [2.24, 2.45) is 5.92 Å². The van der Waals surface area contributed by atoms with Gasteiger partial charge in [0.2, 0.25) is 0 Å². The van der Waals surface area contributed by atoms with Crippen LogP contribution in [0.2, 0.25) is 0 Å².